The van der Waals surface area contributed by atoms with Crippen molar-refractivity contribution in [2.75, 3.05) is 4.90 Å². The number of hydrogen-bond donors (Lipinski definition) is 0. The lowest BCUT2D eigenvalue weighted by molar-refractivity contribution is -0.576. The molecular weight excluding hydrogens is 471 g/mol. The number of hydrogen-bond acceptors (Lipinski definition) is 4. The van der Waals surface area contributed by atoms with Crippen molar-refractivity contribution in [1.29, 1.82) is 0 Å². The van der Waals surface area contributed by atoms with Gasteiger partial charge in [0.25, 0.3) is 11.6 Å². The van der Waals surface area contributed by atoms with Gasteiger partial charge in [-0.05, 0) is 68.0 Å². The van der Waals surface area contributed by atoms with Gasteiger partial charge >= 0.3 is 5.91 Å². The van der Waals surface area contributed by atoms with E-state index in [-0.39, 0.29) is 22.5 Å². The number of pyridine rings is 1. The molecule has 5 rings (SSSR count). The Bertz CT molecular complexity index is 1600. The molecule has 0 spiro atoms. The first kappa shape index (κ1) is 24.1. The fourth-order valence-electron chi connectivity index (χ4n) is 4.56. The first-order valence-electron chi connectivity index (χ1n) is 12.0. The zero-order valence-electron chi connectivity index (χ0n) is 20.9. The second-order valence-corrected chi connectivity index (χ2v) is 9.01. The fraction of sp³-hybridized carbons (Fsp3) is 0.172. The van der Waals surface area contributed by atoms with Gasteiger partial charge in [-0.3, -0.25) is 9.59 Å². The molecule has 0 saturated heterocycles. The van der Waals surface area contributed by atoms with Crippen LogP contribution in [0.4, 0.5) is 10.1 Å². The first-order valence-corrected chi connectivity index (χ1v) is 12.0. The standard InChI is InChI=1S/C29H25FN4O3/c1-5-21-24(28(36)34(31-21)22-12-8-9-18(3)19(22)4)25-26(32-15-13-17(2)14-16-32)29(37)33(27(25)35)23-11-7-6-10-20(23)30/h6-16H,5H2,1-4H3. The van der Waals surface area contributed by atoms with Crippen molar-refractivity contribution >= 4 is 28.8 Å². The summed E-state index contributed by atoms with van der Waals surface area (Å²) in [5.41, 5.74) is 3.53. The maximum absolute atomic E-state index is 14.8. The van der Waals surface area contributed by atoms with Crippen LogP contribution in [0.2, 0.25) is 0 Å². The highest BCUT2D eigenvalue weighted by Crippen LogP contribution is 2.39. The van der Waals surface area contributed by atoms with E-state index in [0.717, 1.165) is 21.6 Å². The normalized spacial score (nSPS) is 13.7. The molecule has 2 amide bonds. The SMILES string of the molecule is CCc1nn(-c2cccc(C)c2C)c([O-])c1C1=C([n+]2ccc(C)cc2)C(=O)N(c2ccccc2F)C1=O. The molecule has 0 atom stereocenters. The quantitative estimate of drug-likeness (QED) is 0.311. The Hall–Kier alpha value is -4.59. The van der Waals surface area contributed by atoms with Crippen molar-refractivity contribution < 1.29 is 23.7 Å². The van der Waals surface area contributed by atoms with Crippen LogP contribution in [0.5, 0.6) is 5.88 Å². The number of para-hydroxylation sites is 1. The minimum Gasteiger partial charge on any atom is -0.858 e. The molecule has 0 saturated carbocycles. The lowest BCUT2D eigenvalue weighted by Gasteiger charge is -2.17. The molecule has 4 aromatic rings. The third-order valence-corrected chi connectivity index (χ3v) is 6.71. The highest BCUT2D eigenvalue weighted by atomic mass is 19.1. The zero-order chi connectivity index (χ0) is 26.4. The number of aryl methyl sites for hydroxylation is 3. The summed E-state index contributed by atoms with van der Waals surface area (Å²) >= 11 is 0. The molecule has 37 heavy (non-hydrogen) atoms. The number of nitrogens with zero attached hydrogens (tertiary/aromatic N) is 4. The van der Waals surface area contributed by atoms with Gasteiger partial charge in [0.1, 0.15) is 11.4 Å². The van der Waals surface area contributed by atoms with Crippen molar-refractivity contribution in [3.63, 3.8) is 0 Å². The van der Waals surface area contributed by atoms with Crippen molar-refractivity contribution in [2.24, 2.45) is 0 Å². The predicted molar refractivity (Wildman–Crippen MR) is 135 cm³/mol. The van der Waals surface area contributed by atoms with E-state index in [1.165, 1.54) is 27.4 Å². The minimum absolute atomic E-state index is 0.0273. The number of carbonyl (C=O) groups is 2. The summed E-state index contributed by atoms with van der Waals surface area (Å²) in [6.45, 7) is 7.56. The molecule has 186 valence electrons. The van der Waals surface area contributed by atoms with Gasteiger partial charge in [-0.25, -0.2) is 14.0 Å². The van der Waals surface area contributed by atoms with Crippen LogP contribution < -0.4 is 14.6 Å². The van der Waals surface area contributed by atoms with Gasteiger partial charge in [-0.15, -0.1) is 0 Å². The first-order chi connectivity index (χ1) is 17.7. The van der Waals surface area contributed by atoms with Crippen LogP contribution in [0, 0.1) is 26.6 Å². The summed E-state index contributed by atoms with van der Waals surface area (Å²) in [6, 6.07) is 14.7. The lowest BCUT2D eigenvalue weighted by atomic mass is 10.0. The van der Waals surface area contributed by atoms with E-state index in [2.05, 4.69) is 5.10 Å². The van der Waals surface area contributed by atoms with Crippen LogP contribution >= 0.6 is 0 Å². The highest BCUT2D eigenvalue weighted by Gasteiger charge is 2.48. The predicted octanol–water partition coefficient (Wildman–Crippen LogP) is 3.80. The number of benzene rings is 2. The van der Waals surface area contributed by atoms with E-state index in [1.54, 1.807) is 36.7 Å². The molecule has 7 nitrogen and oxygen atoms in total. The summed E-state index contributed by atoms with van der Waals surface area (Å²) in [5.74, 6) is -2.73. The van der Waals surface area contributed by atoms with Crippen molar-refractivity contribution in [1.82, 2.24) is 9.78 Å². The average molecular weight is 497 g/mol. The Kier molecular flexibility index (Phi) is 5.95. The van der Waals surface area contributed by atoms with Crippen molar-refractivity contribution in [2.45, 2.75) is 34.1 Å². The van der Waals surface area contributed by atoms with Crippen molar-refractivity contribution in [3.8, 4) is 11.6 Å². The molecular formula is C29H25FN4O3. The summed E-state index contributed by atoms with van der Waals surface area (Å²) in [4.78, 5) is 28.4. The Morgan fingerprint density at radius 3 is 2.27 bits per heavy atom. The van der Waals surface area contributed by atoms with Crippen LogP contribution in [-0.2, 0) is 16.0 Å². The second-order valence-electron chi connectivity index (χ2n) is 9.01. The largest absolute Gasteiger partial charge is 0.858 e. The number of aromatic nitrogens is 3. The summed E-state index contributed by atoms with van der Waals surface area (Å²) in [7, 11) is 0. The number of amides is 2. The number of anilines is 1. The Morgan fingerprint density at radius 2 is 1.59 bits per heavy atom. The Labute approximate surface area is 213 Å². The maximum atomic E-state index is 14.8. The van der Waals surface area contributed by atoms with Gasteiger partial charge in [0, 0.05) is 17.7 Å². The van der Waals surface area contributed by atoms with E-state index in [9.17, 15) is 19.1 Å². The van der Waals surface area contributed by atoms with E-state index >= 15 is 0 Å². The van der Waals surface area contributed by atoms with Crippen LogP contribution in [-0.4, -0.2) is 21.6 Å². The van der Waals surface area contributed by atoms with Crippen molar-refractivity contribution in [3.05, 3.63) is 101 Å². The smallest absolute Gasteiger partial charge is 0.331 e. The highest BCUT2D eigenvalue weighted by molar-refractivity contribution is 6.53. The van der Waals surface area contributed by atoms with Gasteiger partial charge in [-0.2, -0.15) is 9.67 Å². The summed E-state index contributed by atoms with van der Waals surface area (Å²) in [5, 5.41) is 18.5. The van der Waals surface area contributed by atoms with E-state index in [0.29, 0.717) is 17.8 Å². The van der Waals surface area contributed by atoms with E-state index in [4.69, 9.17) is 0 Å². The maximum Gasteiger partial charge on any atom is 0.331 e. The molecule has 0 fully saturated rings. The molecule has 8 heteroatoms. The van der Waals surface area contributed by atoms with E-state index < -0.39 is 23.5 Å². The Morgan fingerprint density at radius 1 is 0.919 bits per heavy atom. The summed E-state index contributed by atoms with van der Waals surface area (Å²) < 4.78 is 17.6. The molecule has 0 radical (unpaired) electrons. The molecule has 0 N–H and O–H groups in total. The molecule has 0 unspecified atom stereocenters. The monoisotopic (exact) mass is 496 g/mol. The number of carbonyl (C=O) groups excluding carboxylic acids is 2. The molecule has 2 aromatic heterocycles. The van der Waals surface area contributed by atoms with E-state index in [1.807, 2.05) is 39.8 Å². The summed E-state index contributed by atoms with van der Waals surface area (Å²) in [6.07, 6.45) is 3.64. The lowest BCUT2D eigenvalue weighted by Crippen LogP contribution is -2.39. The third-order valence-electron chi connectivity index (χ3n) is 6.71. The number of rotatable bonds is 5. The fourth-order valence-corrected chi connectivity index (χ4v) is 4.56. The van der Waals surface area contributed by atoms with Gasteiger partial charge in [-0.1, -0.05) is 31.2 Å². The molecule has 1 aliphatic rings. The number of imide groups is 1. The molecule has 2 aromatic carbocycles. The third kappa shape index (κ3) is 3.81. The van der Waals surface area contributed by atoms with Crippen LogP contribution in [0.3, 0.4) is 0 Å². The van der Waals surface area contributed by atoms with Gasteiger partial charge in [0.2, 0.25) is 0 Å². The minimum atomic E-state index is -0.773. The molecule has 0 bridgehead atoms. The molecule has 1 aliphatic heterocycles. The van der Waals surface area contributed by atoms with Crippen LogP contribution in [0.25, 0.3) is 17.0 Å². The van der Waals surface area contributed by atoms with Crippen LogP contribution in [0.15, 0.2) is 67.0 Å². The van der Waals surface area contributed by atoms with Gasteiger partial charge in [0.05, 0.1) is 17.1 Å². The molecule has 3 heterocycles. The van der Waals surface area contributed by atoms with Gasteiger partial charge < -0.3 is 5.11 Å². The number of halogens is 1. The topological polar surface area (TPSA) is 82.1 Å². The van der Waals surface area contributed by atoms with Crippen LogP contribution in [0.1, 0.15) is 34.9 Å². The van der Waals surface area contributed by atoms with Gasteiger partial charge in [0.15, 0.2) is 12.4 Å². The average Bonchev–Trinajstić information content (AvgIpc) is 3.34. The zero-order valence-corrected chi connectivity index (χ0v) is 20.9. The molecule has 0 aliphatic carbocycles. The Balaban J connectivity index is 1.80. The second kappa shape index (κ2) is 9.13.